The van der Waals surface area contributed by atoms with Crippen molar-refractivity contribution in [3.8, 4) is 5.75 Å². The van der Waals surface area contributed by atoms with Crippen LogP contribution in [0.25, 0.3) is 0 Å². The van der Waals surface area contributed by atoms with Gasteiger partial charge in [0.2, 0.25) is 0 Å². The predicted octanol–water partition coefficient (Wildman–Crippen LogP) is 3.67. The SMILES string of the molecule is COc1cccc(CN2CCN(C(=O)c3cccc(C(F)(F)F)c3)CC2)c1. The van der Waals surface area contributed by atoms with Crippen molar-refractivity contribution in [1.82, 2.24) is 9.80 Å². The molecule has 1 aliphatic heterocycles. The normalized spacial score (nSPS) is 15.6. The third-order valence-electron chi connectivity index (χ3n) is 4.64. The summed E-state index contributed by atoms with van der Waals surface area (Å²) >= 11 is 0. The van der Waals surface area contributed by atoms with E-state index in [-0.39, 0.29) is 11.5 Å². The molecule has 0 bridgehead atoms. The van der Waals surface area contributed by atoms with Crippen molar-refractivity contribution in [1.29, 1.82) is 0 Å². The summed E-state index contributed by atoms with van der Waals surface area (Å²) in [7, 11) is 1.62. The van der Waals surface area contributed by atoms with Gasteiger partial charge in [-0.25, -0.2) is 0 Å². The van der Waals surface area contributed by atoms with Crippen molar-refractivity contribution in [2.24, 2.45) is 0 Å². The van der Waals surface area contributed by atoms with E-state index < -0.39 is 11.7 Å². The number of benzene rings is 2. The van der Waals surface area contributed by atoms with Gasteiger partial charge in [0.05, 0.1) is 12.7 Å². The maximum atomic E-state index is 12.8. The maximum Gasteiger partial charge on any atom is 0.416 e. The lowest BCUT2D eigenvalue weighted by molar-refractivity contribution is -0.137. The maximum absolute atomic E-state index is 12.8. The van der Waals surface area contributed by atoms with Gasteiger partial charge in [0.1, 0.15) is 5.75 Å². The molecule has 2 aromatic rings. The van der Waals surface area contributed by atoms with Crippen molar-refractivity contribution in [2.45, 2.75) is 12.7 Å². The molecule has 1 heterocycles. The van der Waals surface area contributed by atoms with E-state index in [1.54, 1.807) is 12.0 Å². The van der Waals surface area contributed by atoms with Crippen molar-refractivity contribution >= 4 is 5.91 Å². The summed E-state index contributed by atoms with van der Waals surface area (Å²) in [6, 6.07) is 12.4. The van der Waals surface area contributed by atoms with Crippen LogP contribution in [-0.2, 0) is 12.7 Å². The minimum Gasteiger partial charge on any atom is -0.497 e. The molecule has 1 amide bonds. The second-order valence-corrected chi connectivity index (χ2v) is 6.50. The minimum atomic E-state index is -4.45. The van der Waals surface area contributed by atoms with Crippen LogP contribution in [0, 0.1) is 0 Å². The van der Waals surface area contributed by atoms with E-state index in [1.807, 2.05) is 24.3 Å². The largest absolute Gasteiger partial charge is 0.497 e. The quantitative estimate of drug-likeness (QED) is 0.814. The summed E-state index contributed by atoms with van der Waals surface area (Å²) in [6.45, 7) is 3.05. The standard InChI is InChI=1S/C20H21F3N2O2/c1-27-18-7-2-4-15(12-18)14-24-8-10-25(11-9-24)19(26)16-5-3-6-17(13-16)20(21,22)23/h2-7,12-13H,8-11,14H2,1H3. The molecular formula is C20H21F3N2O2. The predicted molar refractivity (Wildman–Crippen MR) is 95.6 cm³/mol. The summed E-state index contributed by atoms with van der Waals surface area (Å²) < 4.78 is 43.8. The summed E-state index contributed by atoms with van der Waals surface area (Å²) in [5.41, 5.74) is 0.392. The van der Waals surface area contributed by atoms with Crippen molar-refractivity contribution in [2.75, 3.05) is 33.3 Å². The molecule has 0 saturated carbocycles. The Morgan fingerprint density at radius 2 is 1.74 bits per heavy atom. The highest BCUT2D eigenvalue weighted by atomic mass is 19.4. The lowest BCUT2D eigenvalue weighted by Crippen LogP contribution is -2.48. The molecule has 1 fully saturated rings. The van der Waals surface area contributed by atoms with E-state index in [9.17, 15) is 18.0 Å². The minimum absolute atomic E-state index is 0.0751. The number of nitrogens with zero attached hydrogens (tertiary/aromatic N) is 2. The zero-order valence-corrected chi connectivity index (χ0v) is 15.0. The molecule has 2 aromatic carbocycles. The van der Waals surface area contributed by atoms with Gasteiger partial charge in [-0.3, -0.25) is 9.69 Å². The van der Waals surface area contributed by atoms with Gasteiger partial charge in [-0.1, -0.05) is 18.2 Å². The monoisotopic (exact) mass is 378 g/mol. The van der Waals surface area contributed by atoms with E-state index in [1.165, 1.54) is 12.1 Å². The van der Waals surface area contributed by atoms with Crippen LogP contribution in [0.4, 0.5) is 13.2 Å². The highest BCUT2D eigenvalue weighted by Crippen LogP contribution is 2.29. The molecule has 0 atom stereocenters. The van der Waals surface area contributed by atoms with Crippen molar-refractivity contribution in [3.63, 3.8) is 0 Å². The lowest BCUT2D eigenvalue weighted by Gasteiger charge is -2.35. The van der Waals surface area contributed by atoms with Crippen molar-refractivity contribution < 1.29 is 22.7 Å². The second-order valence-electron chi connectivity index (χ2n) is 6.50. The van der Waals surface area contributed by atoms with Gasteiger partial charge in [-0.15, -0.1) is 0 Å². The van der Waals surface area contributed by atoms with Gasteiger partial charge >= 0.3 is 6.18 Å². The Kier molecular flexibility index (Phi) is 5.70. The van der Waals surface area contributed by atoms with E-state index in [2.05, 4.69) is 4.90 Å². The fourth-order valence-electron chi connectivity index (χ4n) is 3.15. The van der Waals surface area contributed by atoms with Gasteiger partial charge in [0, 0.05) is 38.3 Å². The van der Waals surface area contributed by atoms with Gasteiger partial charge in [-0.05, 0) is 35.9 Å². The number of ether oxygens (including phenoxy) is 1. The van der Waals surface area contributed by atoms with Crippen LogP contribution in [-0.4, -0.2) is 49.0 Å². The number of hydrogen-bond donors (Lipinski definition) is 0. The fourth-order valence-corrected chi connectivity index (χ4v) is 3.15. The number of hydrogen-bond acceptors (Lipinski definition) is 3. The molecule has 27 heavy (non-hydrogen) atoms. The molecule has 3 rings (SSSR count). The number of rotatable bonds is 4. The van der Waals surface area contributed by atoms with Crippen LogP contribution in [0.2, 0.25) is 0 Å². The van der Waals surface area contributed by atoms with E-state index in [0.29, 0.717) is 26.2 Å². The fraction of sp³-hybridized carbons (Fsp3) is 0.350. The van der Waals surface area contributed by atoms with E-state index in [4.69, 9.17) is 4.74 Å². The van der Waals surface area contributed by atoms with Gasteiger partial charge in [0.25, 0.3) is 5.91 Å². The molecule has 144 valence electrons. The summed E-state index contributed by atoms with van der Waals surface area (Å²) in [5.74, 6) is 0.438. The molecule has 1 saturated heterocycles. The zero-order valence-electron chi connectivity index (χ0n) is 15.0. The number of alkyl halides is 3. The van der Waals surface area contributed by atoms with Crippen LogP contribution in [0.3, 0.4) is 0 Å². The van der Waals surface area contributed by atoms with Crippen LogP contribution in [0.1, 0.15) is 21.5 Å². The Labute approximate surface area is 156 Å². The molecule has 7 heteroatoms. The first-order valence-electron chi connectivity index (χ1n) is 8.68. The van der Waals surface area contributed by atoms with Crippen LogP contribution in [0.5, 0.6) is 5.75 Å². The number of methoxy groups -OCH3 is 1. The highest BCUT2D eigenvalue weighted by Gasteiger charge is 2.31. The number of carbonyl (C=O) groups is 1. The van der Waals surface area contributed by atoms with Gasteiger partial charge in [0.15, 0.2) is 0 Å². The van der Waals surface area contributed by atoms with Gasteiger partial charge < -0.3 is 9.64 Å². The molecule has 0 aromatic heterocycles. The van der Waals surface area contributed by atoms with Crippen molar-refractivity contribution in [3.05, 3.63) is 65.2 Å². The summed E-state index contributed by atoms with van der Waals surface area (Å²) in [6.07, 6.45) is -4.45. The molecule has 1 aliphatic rings. The number of amides is 1. The van der Waals surface area contributed by atoms with E-state index in [0.717, 1.165) is 30.0 Å². The molecule has 0 aliphatic carbocycles. The zero-order chi connectivity index (χ0) is 19.4. The van der Waals surface area contributed by atoms with Gasteiger partial charge in [-0.2, -0.15) is 13.2 Å². The first kappa shape index (κ1) is 19.2. The number of piperazine rings is 1. The Morgan fingerprint density at radius 1 is 1.04 bits per heavy atom. The third kappa shape index (κ3) is 4.80. The summed E-state index contributed by atoms with van der Waals surface area (Å²) in [4.78, 5) is 16.4. The lowest BCUT2D eigenvalue weighted by atomic mass is 10.1. The summed E-state index contributed by atoms with van der Waals surface area (Å²) in [5, 5.41) is 0. The molecule has 4 nitrogen and oxygen atoms in total. The average molecular weight is 378 g/mol. The number of halogens is 3. The van der Waals surface area contributed by atoms with Crippen LogP contribution >= 0.6 is 0 Å². The average Bonchev–Trinajstić information content (AvgIpc) is 2.67. The van der Waals surface area contributed by atoms with Crippen LogP contribution < -0.4 is 4.74 Å². The molecule has 0 spiro atoms. The Bertz CT molecular complexity index is 800. The number of carbonyl (C=O) groups excluding carboxylic acids is 1. The molecule has 0 unspecified atom stereocenters. The Hall–Kier alpha value is -2.54. The highest BCUT2D eigenvalue weighted by molar-refractivity contribution is 5.94. The molecular weight excluding hydrogens is 357 g/mol. The smallest absolute Gasteiger partial charge is 0.416 e. The van der Waals surface area contributed by atoms with E-state index >= 15 is 0 Å². The van der Waals surface area contributed by atoms with Crippen LogP contribution in [0.15, 0.2) is 48.5 Å². The topological polar surface area (TPSA) is 32.8 Å². The first-order chi connectivity index (χ1) is 12.9. The molecule has 0 N–H and O–H groups in total. The first-order valence-corrected chi connectivity index (χ1v) is 8.68. The Morgan fingerprint density at radius 3 is 2.41 bits per heavy atom. The molecule has 0 radical (unpaired) electrons. The third-order valence-corrected chi connectivity index (χ3v) is 4.64. The second kappa shape index (κ2) is 8.00. The Balaban J connectivity index is 1.59.